The van der Waals surface area contributed by atoms with Gasteiger partial charge in [0.15, 0.2) is 0 Å². The third-order valence-electron chi connectivity index (χ3n) is 2.45. The van der Waals surface area contributed by atoms with E-state index in [0.717, 1.165) is 0 Å². The minimum absolute atomic E-state index is 0.00890. The molecular weight excluding hydrogens is 258 g/mol. The molecule has 20 heavy (non-hydrogen) atoms. The Bertz CT molecular complexity index is 591. The molecule has 0 saturated carbocycles. The van der Waals surface area contributed by atoms with Crippen LogP contribution in [0.25, 0.3) is 0 Å². The molecular formula is C15H17NO4. The number of carboxylic acid groups (broad SMARTS) is 1. The van der Waals surface area contributed by atoms with E-state index in [0.29, 0.717) is 16.8 Å². The third-order valence-corrected chi connectivity index (χ3v) is 2.45. The van der Waals surface area contributed by atoms with Gasteiger partial charge in [0.1, 0.15) is 5.60 Å². The first kappa shape index (κ1) is 15.6. The highest BCUT2D eigenvalue weighted by molar-refractivity contribution is 5.93. The molecule has 0 aromatic heterocycles. The molecule has 0 unspecified atom stereocenters. The van der Waals surface area contributed by atoms with Crippen molar-refractivity contribution in [2.24, 2.45) is 0 Å². The van der Waals surface area contributed by atoms with Crippen LogP contribution in [0.2, 0.25) is 0 Å². The van der Waals surface area contributed by atoms with Crippen molar-refractivity contribution >= 4 is 17.7 Å². The number of hydrogen-bond donors (Lipinski definition) is 2. The Kier molecular flexibility index (Phi) is 4.41. The molecule has 0 aliphatic heterocycles. The molecule has 5 heteroatoms. The molecule has 1 aromatic carbocycles. The lowest BCUT2D eigenvalue weighted by atomic mass is 10.0. The zero-order chi connectivity index (χ0) is 15.5. The summed E-state index contributed by atoms with van der Waals surface area (Å²) in [5.41, 5.74) is 0.721. The molecule has 2 N–H and O–H groups in total. The second kappa shape index (κ2) is 5.66. The van der Waals surface area contributed by atoms with Gasteiger partial charge < -0.3 is 9.84 Å². The number of hydrogen-bond acceptors (Lipinski definition) is 3. The van der Waals surface area contributed by atoms with E-state index < -0.39 is 17.7 Å². The molecule has 1 amide bonds. The van der Waals surface area contributed by atoms with E-state index in [9.17, 15) is 9.59 Å². The smallest absolute Gasteiger partial charge is 0.412 e. The first-order valence-corrected chi connectivity index (χ1v) is 5.98. The summed E-state index contributed by atoms with van der Waals surface area (Å²) in [4.78, 5) is 22.8. The molecule has 5 nitrogen and oxygen atoms in total. The molecule has 0 spiro atoms. The van der Waals surface area contributed by atoms with Gasteiger partial charge in [0.05, 0.1) is 5.56 Å². The molecule has 0 atom stereocenters. The summed E-state index contributed by atoms with van der Waals surface area (Å²) in [6, 6.07) is 2.74. The van der Waals surface area contributed by atoms with Gasteiger partial charge in [-0.25, -0.2) is 9.59 Å². The monoisotopic (exact) mass is 275 g/mol. The lowest BCUT2D eigenvalue weighted by molar-refractivity contribution is 0.0632. The summed E-state index contributed by atoms with van der Waals surface area (Å²) in [6.45, 7) is 6.91. The summed E-state index contributed by atoms with van der Waals surface area (Å²) in [7, 11) is 0. The number of carbonyl (C=O) groups excluding carboxylic acids is 1. The van der Waals surface area contributed by atoms with Gasteiger partial charge in [-0.2, -0.15) is 0 Å². The molecule has 0 heterocycles. The Morgan fingerprint density at radius 2 is 1.95 bits per heavy atom. The Balaban J connectivity index is 3.12. The molecule has 1 aromatic rings. The number of terminal acetylenes is 1. The standard InChI is InChI=1S/C15H17NO4/c1-6-10-7-11(13(17)18)8-12(9(10)2)16-14(19)20-15(3,4)5/h1,7-8H,2-5H3,(H,16,19)(H,17,18). The predicted molar refractivity (Wildman–Crippen MR) is 75.9 cm³/mol. The van der Waals surface area contributed by atoms with Crippen LogP contribution >= 0.6 is 0 Å². The molecule has 0 fully saturated rings. The number of nitrogens with one attached hydrogen (secondary N) is 1. The SMILES string of the molecule is C#Cc1cc(C(=O)O)cc(NC(=O)OC(C)(C)C)c1C. The van der Waals surface area contributed by atoms with Gasteiger partial charge in [0, 0.05) is 11.3 Å². The third kappa shape index (κ3) is 4.02. The van der Waals surface area contributed by atoms with Crippen molar-refractivity contribution in [2.45, 2.75) is 33.3 Å². The maximum atomic E-state index is 11.7. The minimum Gasteiger partial charge on any atom is -0.478 e. The quantitative estimate of drug-likeness (QED) is 0.813. The summed E-state index contributed by atoms with van der Waals surface area (Å²) >= 11 is 0. The molecule has 1 rings (SSSR count). The van der Waals surface area contributed by atoms with E-state index in [1.54, 1.807) is 27.7 Å². The fraction of sp³-hybridized carbons (Fsp3) is 0.333. The normalized spacial score (nSPS) is 10.6. The average molecular weight is 275 g/mol. The molecule has 0 saturated heterocycles. The van der Waals surface area contributed by atoms with Crippen LogP contribution in [-0.4, -0.2) is 22.8 Å². The van der Waals surface area contributed by atoms with Crippen molar-refractivity contribution in [1.29, 1.82) is 0 Å². The Hall–Kier alpha value is -2.48. The lowest BCUT2D eigenvalue weighted by Crippen LogP contribution is -2.27. The van der Waals surface area contributed by atoms with Crippen LogP contribution in [0.4, 0.5) is 10.5 Å². The number of carboxylic acids is 1. The fourth-order valence-corrected chi connectivity index (χ4v) is 1.53. The van der Waals surface area contributed by atoms with Gasteiger partial charge in [-0.1, -0.05) is 5.92 Å². The van der Waals surface area contributed by atoms with Crippen LogP contribution in [0.1, 0.15) is 42.3 Å². The van der Waals surface area contributed by atoms with E-state index in [1.165, 1.54) is 12.1 Å². The van der Waals surface area contributed by atoms with Crippen molar-refractivity contribution < 1.29 is 19.4 Å². The van der Waals surface area contributed by atoms with Gasteiger partial charge in [0.2, 0.25) is 0 Å². The van der Waals surface area contributed by atoms with Crippen LogP contribution in [0.5, 0.6) is 0 Å². The Morgan fingerprint density at radius 1 is 1.35 bits per heavy atom. The lowest BCUT2D eigenvalue weighted by Gasteiger charge is -2.20. The fourth-order valence-electron chi connectivity index (χ4n) is 1.53. The average Bonchev–Trinajstić information content (AvgIpc) is 2.28. The first-order valence-electron chi connectivity index (χ1n) is 5.98. The Labute approximate surface area is 117 Å². The predicted octanol–water partition coefficient (Wildman–Crippen LogP) is 3.02. The number of anilines is 1. The summed E-state index contributed by atoms with van der Waals surface area (Å²) in [5.74, 6) is 1.28. The molecule has 0 radical (unpaired) electrons. The number of benzene rings is 1. The van der Waals surface area contributed by atoms with Crippen LogP contribution in [0.3, 0.4) is 0 Å². The minimum atomic E-state index is -1.12. The van der Waals surface area contributed by atoms with Gasteiger partial charge in [-0.15, -0.1) is 6.42 Å². The topological polar surface area (TPSA) is 75.6 Å². The van der Waals surface area contributed by atoms with Crippen molar-refractivity contribution in [1.82, 2.24) is 0 Å². The number of aromatic carboxylic acids is 1. The van der Waals surface area contributed by atoms with Crippen molar-refractivity contribution in [3.63, 3.8) is 0 Å². The van der Waals surface area contributed by atoms with E-state index in [4.69, 9.17) is 16.3 Å². The second-order valence-electron chi connectivity index (χ2n) is 5.27. The summed E-state index contributed by atoms with van der Waals surface area (Å²) in [5, 5.41) is 11.5. The maximum Gasteiger partial charge on any atom is 0.412 e. The first-order chi connectivity index (χ1) is 9.14. The van der Waals surface area contributed by atoms with Gasteiger partial charge in [-0.05, 0) is 45.4 Å². The van der Waals surface area contributed by atoms with Crippen molar-refractivity contribution in [2.75, 3.05) is 5.32 Å². The highest BCUT2D eigenvalue weighted by atomic mass is 16.6. The van der Waals surface area contributed by atoms with E-state index >= 15 is 0 Å². The second-order valence-corrected chi connectivity index (χ2v) is 5.27. The molecule has 106 valence electrons. The van der Waals surface area contributed by atoms with Crippen molar-refractivity contribution in [3.05, 3.63) is 28.8 Å². The zero-order valence-electron chi connectivity index (χ0n) is 11.9. The molecule has 0 aliphatic rings. The highest BCUT2D eigenvalue weighted by Gasteiger charge is 2.18. The Morgan fingerprint density at radius 3 is 2.40 bits per heavy atom. The number of carbonyl (C=O) groups is 2. The molecule has 0 aliphatic carbocycles. The van der Waals surface area contributed by atoms with Gasteiger partial charge in [0.25, 0.3) is 0 Å². The van der Waals surface area contributed by atoms with Gasteiger partial charge >= 0.3 is 12.1 Å². The van der Waals surface area contributed by atoms with Gasteiger partial charge in [-0.3, -0.25) is 5.32 Å². The number of amides is 1. The zero-order valence-corrected chi connectivity index (χ0v) is 11.9. The van der Waals surface area contributed by atoms with E-state index in [2.05, 4.69) is 11.2 Å². The summed E-state index contributed by atoms with van der Waals surface area (Å²) < 4.78 is 5.12. The van der Waals surface area contributed by atoms with Crippen LogP contribution < -0.4 is 5.32 Å². The van der Waals surface area contributed by atoms with Crippen LogP contribution in [-0.2, 0) is 4.74 Å². The van der Waals surface area contributed by atoms with E-state index in [-0.39, 0.29) is 5.56 Å². The van der Waals surface area contributed by atoms with Crippen molar-refractivity contribution in [3.8, 4) is 12.3 Å². The van der Waals surface area contributed by atoms with E-state index in [1.807, 2.05) is 0 Å². The van der Waals surface area contributed by atoms with Crippen LogP contribution in [0.15, 0.2) is 12.1 Å². The molecule has 0 bridgehead atoms. The largest absolute Gasteiger partial charge is 0.478 e. The highest BCUT2D eigenvalue weighted by Crippen LogP contribution is 2.22. The maximum absolute atomic E-state index is 11.7. The number of rotatable bonds is 2. The number of ether oxygens (including phenoxy) is 1. The summed E-state index contributed by atoms with van der Waals surface area (Å²) in [6.07, 6.45) is 4.67. The van der Waals surface area contributed by atoms with Crippen LogP contribution in [0, 0.1) is 19.3 Å².